The smallest absolute Gasteiger partial charge is 0.253 e. The predicted octanol–water partition coefficient (Wildman–Crippen LogP) is 2.11. The van der Waals surface area contributed by atoms with Gasteiger partial charge in [-0.2, -0.15) is 0 Å². The van der Waals surface area contributed by atoms with Gasteiger partial charge in [0.2, 0.25) is 0 Å². The van der Waals surface area contributed by atoms with Gasteiger partial charge in [-0.25, -0.2) is 9.13 Å². The number of aromatic nitrogens is 3. The molecule has 0 saturated heterocycles. The maximum Gasteiger partial charge on any atom is 0.254 e. The average molecular weight is 218 g/mol. The Morgan fingerprint density at radius 3 is 2.31 bits per heavy atom. The van der Waals surface area contributed by atoms with Crippen LogP contribution in [0.1, 0.15) is 29.7 Å². The van der Waals surface area contributed by atoms with Crippen molar-refractivity contribution >= 4 is 11.0 Å². The molecule has 0 aliphatic heterocycles. The summed E-state index contributed by atoms with van der Waals surface area (Å²) in [6.45, 7) is 11.7. The van der Waals surface area contributed by atoms with Gasteiger partial charge in [-0.1, -0.05) is 0 Å². The highest BCUT2D eigenvalue weighted by molar-refractivity contribution is 5.79. The number of hydrogen-bond acceptors (Lipinski definition) is 1. The molecule has 0 saturated carbocycles. The monoisotopic (exact) mass is 218 g/mol. The van der Waals surface area contributed by atoms with Crippen LogP contribution >= 0.6 is 0 Å². The van der Waals surface area contributed by atoms with E-state index in [1.807, 2.05) is 0 Å². The minimum absolute atomic E-state index is 1.01. The summed E-state index contributed by atoms with van der Waals surface area (Å²) in [6.07, 6.45) is 0. The van der Waals surface area contributed by atoms with Crippen LogP contribution in [0.3, 0.4) is 0 Å². The number of nitrogens with zero attached hydrogens (tertiary/aromatic N) is 3. The number of fused-ring (bicyclic) bond motifs is 1. The van der Waals surface area contributed by atoms with E-state index in [1.165, 1.54) is 22.4 Å². The lowest BCUT2D eigenvalue weighted by Gasteiger charge is -2.02. The fraction of sp³-hybridized carbons (Fsp3) is 0.538. The predicted molar refractivity (Wildman–Crippen MR) is 65.5 cm³/mol. The van der Waals surface area contributed by atoms with E-state index in [9.17, 15) is 0 Å². The fourth-order valence-corrected chi connectivity index (χ4v) is 2.53. The van der Waals surface area contributed by atoms with Gasteiger partial charge in [0.1, 0.15) is 0 Å². The Hall–Kier alpha value is -1.38. The van der Waals surface area contributed by atoms with E-state index in [0.29, 0.717) is 0 Å². The molecule has 0 amide bonds. The SMILES string of the molecule is CCn1c(C)[n+](C)c2c(C)nc(C)c(C)c21. The second-order valence-corrected chi connectivity index (χ2v) is 4.46. The van der Waals surface area contributed by atoms with E-state index >= 15 is 0 Å². The third-order valence-electron chi connectivity index (χ3n) is 3.60. The lowest BCUT2D eigenvalue weighted by molar-refractivity contribution is -0.652. The van der Waals surface area contributed by atoms with Crippen molar-refractivity contribution in [3.05, 3.63) is 22.8 Å². The lowest BCUT2D eigenvalue weighted by Crippen LogP contribution is -2.31. The van der Waals surface area contributed by atoms with E-state index in [4.69, 9.17) is 0 Å². The minimum Gasteiger partial charge on any atom is -0.253 e. The molecule has 0 fully saturated rings. The Kier molecular flexibility index (Phi) is 2.49. The first-order chi connectivity index (χ1) is 7.49. The Morgan fingerprint density at radius 1 is 1.12 bits per heavy atom. The van der Waals surface area contributed by atoms with Crippen molar-refractivity contribution in [3.63, 3.8) is 0 Å². The molecule has 0 aromatic carbocycles. The summed E-state index contributed by atoms with van der Waals surface area (Å²) in [5.74, 6) is 1.29. The van der Waals surface area contributed by atoms with Crippen LogP contribution in [0.4, 0.5) is 0 Å². The number of rotatable bonds is 1. The number of pyridine rings is 1. The van der Waals surface area contributed by atoms with Crippen LogP contribution in [0.15, 0.2) is 0 Å². The number of aryl methyl sites for hydroxylation is 5. The highest BCUT2D eigenvalue weighted by Gasteiger charge is 2.23. The highest BCUT2D eigenvalue weighted by atomic mass is 15.2. The van der Waals surface area contributed by atoms with E-state index in [2.05, 4.69) is 55.8 Å². The van der Waals surface area contributed by atoms with Crippen LogP contribution in [0.5, 0.6) is 0 Å². The van der Waals surface area contributed by atoms with Gasteiger partial charge in [0.05, 0.1) is 19.3 Å². The second-order valence-electron chi connectivity index (χ2n) is 4.46. The molecule has 0 N–H and O–H groups in total. The molecule has 0 aliphatic carbocycles. The topological polar surface area (TPSA) is 21.7 Å². The molecule has 3 heteroatoms. The zero-order chi connectivity index (χ0) is 12.0. The summed E-state index contributed by atoms with van der Waals surface area (Å²) in [7, 11) is 2.12. The molecular weight excluding hydrogens is 198 g/mol. The van der Waals surface area contributed by atoms with Gasteiger partial charge in [-0.05, 0) is 27.7 Å². The van der Waals surface area contributed by atoms with Crippen molar-refractivity contribution in [2.45, 2.75) is 41.2 Å². The minimum atomic E-state index is 1.01. The molecule has 0 radical (unpaired) electrons. The van der Waals surface area contributed by atoms with Crippen molar-refractivity contribution in [3.8, 4) is 0 Å². The maximum atomic E-state index is 4.62. The van der Waals surface area contributed by atoms with Crippen molar-refractivity contribution in [1.82, 2.24) is 9.55 Å². The molecular formula is C13H20N3+. The van der Waals surface area contributed by atoms with E-state index in [0.717, 1.165) is 17.9 Å². The summed E-state index contributed by atoms with van der Waals surface area (Å²) in [4.78, 5) is 4.62. The maximum absolute atomic E-state index is 4.62. The molecule has 0 spiro atoms. The quantitative estimate of drug-likeness (QED) is 0.672. The first-order valence-electron chi connectivity index (χ1n) is 5.81. The summed E-state index contributed by atoms with van der Waals surface area (Å²) in [5, 5.41) is 0. The highest BCUT2D eigenvalue weighted by Crippen LogP contribution is 2.22. The van der Waals surface area contributed by atoms with Gasteiger partial charge in [0, 0.05) is 18.2 Å². The molecule has 0 bridgehead atoms. The van der Waals surface area contributed by atoms with Crippen LogP contribution in [-0.4, -0.2) is 9.55 Å². The van der Waals surface area contributed by atoms with Crippen LogP contribution in [0.2, 0.25) is 0 Å². The van der Waals surface area contributed by atoms with Crippen molar-refractivity contribution in [2.24, 2.45) is 7.05 Å². The van der Waals surface area contributed by atoms with Gasteiger partial charge < -0.3 is 0 Å². The molecule has 0 aliphatic rings. The third kappa shape index (κ3) is 1.27. The molecule has 3 nitrogen and oxygen atoms in total. The van der Waals surface area contributed by atoms with Gasteiger partial charge in [0.15, 0.2) is 11.0 Å². The number of imidazole rings is 1. The average Bonchev–Trinajstić information content (AvgIpc) is 2.49. The molecule has 2 aromatic heterocycles. The molecule has 2 rings (SSSR count). The largest absolute Gasteiger partial charge is 0.254 e. The Labute approximate surface area is 96.7 Å². The van der Waals surface area contributed by atoms with E-state index in [1.54, 1.807) is 0 Å². The van der Waals surface area contributed by atoms with Gasteiger partial charge >= 0.3 is 0 Å². The lowest BCUT2D eigenvalue weighted by atomic mass is 10.1. The Bertz CT molecular complexity index is 565. The van der Waals surface area contributed by atoms with Gasteiger partial charge in [-0.3, -0.25) is 4.98 Å². The van der Waals surface area contributed by atoms with Gasteiger partial charge in [-0.15, -0.1) is 0 Å². The second kappa shape index (κ2) is 3.58. The summed E-state index contributed by atoms with van der Waals surface area (Å²) < 4.78 is 4.61. The molecule has 2 aromatic rings. The number of hydrogen-bond donors (Lipinski definition) is 0. The van der Waals surface area contributed by atoms with Crippen molar-refractivity contribution in [1.29, 1.82) is 0 Å². The summed E-state index contributed by atoms with van der Waals surface area (Å²) in [6, 6.07) is 0. The molecule has 2 heterocycles. The first-order valence-corrected chi connectivity index (χ1v) is 5.81. The Balaban J connectivity index is 3.06. The zero-order valence-electron chi connectivity index (χ0n) is 11.0. The van der Waals surface area contributed by atoms with Crippen LogP contribution in [0, 0.1) is 27.7 Å². The van der Waals surface area contributed by atoms with Crippen LogP contribution in [0.25, 0.3) is 11.0 Å². The van der Waals surface area contributed by atoms with E-state index in [-0.39, 0.29) is 0 Å². The van der Waals surface area contributed by atoms with Crippen LogP contribution in [-0.2, 0) is 13.6 Å². The first kappa shape index (κ1) is 11.1. The Morgan fingerprint density at radius 2 is 1.75 bits per heavy atom. The zero-order valence-corrected chi connectivity index (χ0v) is 11.0. The summed E-state index contributed by atoms with van der Waals surface area (Å²) in [5.41, 5.74) is 6.16. The molecule has 0 atom stereocenters. The molecule has 86 valence electrons. The fourth-order valence-electron chi connectivity index (χ4n) is 2.53. The van der Waals surface area contributed by atoms with Gasteiger partial charge in [0.25, 0.3) is 5.82 Å². The third-order valence-corrected chi connectivity index (χ3v) is 3.60. The molecule has 16 heavy (non-hydrogen) atoms. The molecule has 0 unspecified atom stereocenters. The summed E-state index contributed by atoms with van der Waals surface area (Å²) >= 11 is 0. The van der Waals surface area contributed by atoms with Crippen LogP contribution < -0.4 is 4.57 Å². The van der Waals surface area contributed by atoms with E-state index < -0.39 is 0 Å². The van der Waals surface area contributed by atoms with Crippen molar-refractivity contribution in [2.75, 3.05) is 0 Å². The normalized spacial score (nSPS) is 11.4. The van der Waals surface area contributed by atoms with Crippen molar-refractivity contribution < 1.29 is 4.57 Å². The standard InChI is InChI=1S/C13H20N3/c1-7-16-11(5)15(6)13-10(4)14-9(3)8(2)12(13)16/h7H2,1-6H3/q+1.